The first kappa shape index (κ1) is 11.3. The highest BCUT2D eigenvalue weighted by Crippen LogP contribution is 2.19. The minimum Gasteiger partial charge on any atom is -0.384 e. The van der Waals surface area contributed by atoms with Crippen LogP contribution >= 0.6 is 11.6 Å². The Morgan fingerprint density at radius 3 is 2.64 bits per heavy atom. The largest absolute Gasteiger partial charge is 0.384 e. The third-order valence-corrected chi connectivity index (χ3v) is 2.30. The van der Waals surface area contributed by atoms with Crippen LogP contribution in [0.3, 0.4) is 0 Å². The zero-order chi connectivity index (χ0) is 10.4. The van der Waals surface area contributed by atoms with E-state index < -0.39 is 0 Å². The van der Waals surface area contributed by atoms with Gasteiger partial charge in [-0.15, -0.1) is 0 Å². The van der Waals surface area contributed by atoms with Crippen LogP contribution in [0.5, 0.6) is 0 Å². The average molecular weight is 213 g/mol. The van der Waals surface area contributed by atoms with E-state index in [-0.39, 0.29) is 0 Å². The van der Waals surface area contributed by atoms with Gasteiger partial charge in [0.1, 0.15) is 0 Å². The third-order valence-electron chi connectivity index (χ3n) is 1.97. The first-order valence-corrected chi connectivity index (χ1v) is 5.21. The summed E-state index contributed by atoms with van der Waals surface area (Å²) < 4.78 is 0. The summed E-state index contributed by atoms with van der Waals surface area (Å²) >= 11 is 5.99. The molecule has 0 fully saturated rings. The van der Waals surface area contributed by atoms with Crippen LogP contribution < -0.4 is 5.32 Å². The van der Waals surface area contributed by atoms with E-state index in [9.17, 15) is 0 Å². The van der Waals surface area contributed by atoms with Crippen molar-refractivity contribution in [2.45, 2.75) is 6.42 Å². The van der Waals surface area contributed by atoms with Gasteiger partial charge in [-0.05, 0) is 39.2 Å². The fraction of sp³-hybridized carbons (Fsp3) is 0.455. The molecule has 1 rings (SSSR count). The fourth-order valence-corrected chi connectivity index (χ4v) is 1.43. The average Bonchev–Trinajstić information content (AvgIpc) is 2.15. The second kappa shape index (κ2) is 5.89. The maximum atomic E-state index is 5.99. The van der Waals surface area contributed by atoms with Gasteiger partial charge in [-0.1, -0.05) is 23.7 Å². The lowest BCUT2D eigenvalue weighted by Gasteiger charge is -2.11. The third kappa shape index (κ3) is 3.99. The van der Waals surface area contributed by atoms with Crippen LogP contribution in [-0.4, -0.2) is 32.1 Å². The number of anilines is 1. The topological polar surface area (TPSA) is 15.3 Å². The molecule has 14 heavy (non-hydrogen) atoms. The van der Waals surface area contributed by atoms with Crippen molar-refractivity contribution < 1.29 is 0 Å². The lowest BCUT2D eigenvalue weighted by Crippen LogP contribution is -2.16. The number of nitrogens with one attached hydrogen (secondary N) is 1. The van der Waals surface area contributed by atoms with Crippen LogP contribution in [0.25, 0.3) is 0 Å². The van der Waals surface area contributed by atoms with Crippen molar-refractivity contribution in [2.24, 2.45) is 0 Å². The maximum absolute atomic E-state index is 5.99. The van der Waals surface area contributed by atoms with E-state index in [2.05, 4.69) is 24.3 Å². The fourth-order valence-electron chi connectivity index (χ4n) is 1.22. The Bertz CT molecular complexity index is 274. The molecule has 0 saturated heterocycles. The first-order valence-electron chi connectivity index (χ1n) is 4.83. The van der Waals surface area contributed by atoms with Crippen LogP contribution in [0.15, 0.2) is 24.3 Å². The molecule has 3 heteroatoms. The molecule has 0 aliphatic carbocycles. The smallest absolute Gasteiger partial charge is 0.0637 e. The summed E-state index contributed by atoms with van der Waals surface area (Å²) in [6, 6.07) is 7.82. The molecule has 0 spiro atoms. The van der Waals surface area contributed by atoms with E-state index in [0.29, 0.717) is 0 Å². The van der Waals surface area contributed by atoms with Gasteiger partial charge in [0.25, 0.3) is 0 Å². The van der Waals surface area contributed by atoms with Crippen molar-refractivity contribution in [3.63, 3.8) is 0 Å². The first-order chi connectivity index (χ1) is 6.70. The molecule has 0 amide bonds. The molecule has 78 valence electrons. The minimum absolute atomic E-state index is 0.789. The second-order valence-corrected chi connectivity index (χ2v) is 3.97. The zero-order valence-corrected chi connectivity index (χ0v) is 9.51. The number of hydrogen-bond acceptors (Lipinski definition) is 2. The summed E-state index contributed by atoms with van der Waals surface area (Å²) in [6.45, 7) is 2.05. The molecule has 0 aliphatic heterocycles. The monoisotopic (exact) mass is 212 g/mol. The Kier molecular flexibility index (Phi) is 4.77. The highest BCUT2D eigenvalue weighted by molar-refractivity contribution is 6.33. The van der Waals surface area contributed by atoms with E-state index in [1.54, 1.807) is 0 Å². The molecule has 0 heterocycles. The highest BCUT2D eigenvalue weighted by Gasteiger charge is 1.96. The molecule has 0 aromatic heterocycles. The molecule has 0 radical (unpaired) electrons. The van der Waals surface area contributed by atoms with Crippen LogP contribution in [0.1, 0.15) is 6.42 Å². The van der Waals surface area contributed by atoms with Gasteiger partial charge in [0.2, 0.25) is 0 Å². The molecule has 1 aromatic carbocycles. The number of hydrogen-bond donors (Lipinski definition) is 1. The van der Waals surface area contributed by atoms with Crippen molar-refractivity contribution in [1.82, 2.24) is 4.90 Å². The Hall–Kier alpha value is -0.730. The normalized spacial score (nSPS) is 10.6. The number of para-hydroxylation sites is 1. The lowest BCUT2D eigenvalue weighted by molar-refractivity contribution is 0.405. The number of nitrogens with zero attached hydrogens (tertiary/aromatic N) is 1. The van der Waals surface area contributed by atoms with E-state index in [0.717, 1.165) is 30.2 Å². The Balaban J connectivity index is 2.28. The number of halogens is 1. The second-order valence-electron chi connectivity index (χ2n) is 3.56. The molecule has 0 saturated carbocycles. The van der Waals surface area contributed by atoms with Crippen molar-refractivity contribution in [2.75, 3.05) is 32.5 Å². The van der Waals surface area contributed by atoms with Gasteiger partial charge in [-0.2, -0.15) is 0 Å². The van der Waals surface area contributed by atoms with Gasteiger partial charge >= 0.3 is 0 Å². The van der Waals surface area contributed by atoms with Gasteiger partial charge in [-0.25, -0.2) is 0 Å². The Morgan fingerprint density at radius 2 is 2.00 bits per heavy atom. The molecular weight excluding hydrogens is 196 g/mol. The Morgan fingerprint density at radius 1 is 1.29 bits per heavy atom. The molecule has 1 aromatic rings. The highest BCUT2D eigenvalue weighted by atomic mass is 35.5. The summed E-state index contributed by atoms with van der Waals surface area (Å²) in [5.41, 5.74) is 1.02. The van der Waals surface area contributed by atoms with Crippen molar-refractivity contribution >= 4 is 17.3 Å². The van der Waals surface area contributed by atoms with Crippen LogP contribution in [0, 0.1) is 0 Å². The van der Waals surface area contributed by atoms with E-state index >= 15 is 0 Å². The summed E-state index contributed by atoms with van der Waals surface area (Å²) in [4.78, 5) is 2.17. The molecule has 0 unspecified atom stereocenters. The predicted octanol–water partition coefficient (Wildman–Crippen LogP) is 2.70. The minimum atomic E-state index is 0.789. The maximum Gasteiger partial charge on any atom is 0.0637 e. The van der Waals surface area contributed by atoms with Gasteiger partial charge in [0.05, 0.1) is 10.7 Å². The van der Waals surface area contributed by atoms with Crippen LogP contribution in [-0.2, 0) is 0 Å². The summed E-state index contributed by atoms with van der Waals surface area (Å²) in [7, 11) is 4.16. The van der Waals surface area contributed by atoms with Crippen molar-refractivity contribution in [3.05, 3.63) is 29.3 Å². The molecule has 2 nitrogen and oxygen atoms in total. The standard InChI is InChI=1S/C11H17ClN2/c1-14(2)9-5-8-13-11-7-4-3-6-10(11)12/h3-4,6-7,13H,5,8-9H2,1-2H3. The summed E-state index contributed by atoms with van der Waals surface area (Å²) in [6.07, 6.45) is 1.12. The quantitative estimate of drug-likeness (QED) is 0.756. The summed E-state index contributed by atoms with van der Waals surface area (Å²) in [5.74, 6) is 0. The molecule has 0 bridgehead atoms. The molecule has 1 N–H and O–H groups in total. The van der Waals surface area contributed by atoms with Gasteiger partial charge in [0, 0.05) is 6.54 Å². The van der Waals surface area contributed by atoms with E-state index in [1.807, 2.05) is 24.3 Å². The Labute approximate surface area is 90.9 Å². The van der Waals surface area contributed by atoms with Crippen molar-refractivity contribution in [3.8, 4) is 0 Å². The zero-order valence-electron chi connectivity index (χ0n) is 8.76. The molecule has 0 atom stereocenters. The van der Waals surface area contributed by atoms with Gasteiger partial charge < -0.3 is 10.2 Å². The van der Waals surface area contributed by atoms with E-state index in [4.69, 9.17) is 11.6 Å². The lowest BCUT2D eigenvalue weighted by atomic mass is 10.3. The van der Waals surface area contributed by atoms with Gasteiger partial charge in [-0.3, -0.25) is 0 Å². The summed E-state index contributed by atoms with van der Waals surface area (Å²) in [5, 5.41) is 4.10. The molecule has 0 aliphatic rings. The van der Waals surface area contributed by atoms with Crippen LogP contribution in [0.2, 0.25) is 5.02 Å². The number of rotatable bonds is 5. The van der Waals surface area contributed by atoms with E-state index in [1.165, 1.54) is 0 Å². The van der Waals surface area contributed by atoms with Crippen molar-refractivity contribution in [1.29, 1.82) is 0 Å². The number of benzene rings is 1. The van der Waals surface area contributed by atoms with Crippen LogP contribution in [0.4, 0.5) is 5.69 Å². The predicted molar refractivity (Wildman–Crippen MR) is 63.1 cm³/mol. The SMILES string of the molecule is CN(C)CCCNc1ccccc1Cl. The molecular formula is C11H17ClN2. The van der Waals surface area contributed by atoms with Gasteiger partial charge in [0.15, 0.2) is 0 Å².